The molecular formula is C21H22N4O5. The molecule has 9 heteroatoms. The standard InChI is InChI=1S/C21H22N4O5/c26-21-22-18-3-1-2-4-19(18)24(21)16-5-7-23(8-6-16)11-14-9-17(25(27)28)10-15-12-29-13-30-20(14)15/h1-4,9-10,16H,5-8,11-13H2,(H,22,26). The van der Waals surface area contributed by atoms with Crippen molar-refractivity contribution in [2.75, 3.05) is 19.9 Å². The summed E-state index contributed by atoms with van der Waals surface area (Å²) >= 11 is 0. The van der Waals surface area contributed by atoms with E-state index in [1.54, 1.807) is 6.07 Å². The Morgan fingerprint density at radius 1 is 1.20 bits per heavy atom. The highest BCUT2D eigenvalue weighted by molar-refractivity contribution is 5.75. The SMILES string of the molecule is O=c1[nH]c2ccccc2n1C1CCN(Cc2cc([N+](=O)[O-])cc3c2OCOC3)CC1. The van der Waals surface area contributed by atoms with Gasteiger partial charge in [0.2, 0.25) is 0 Å². The Morgan fingerprint density at radius 2 is 2.00 bits per heavy atom. The molecule has 30 heavy (non-hydrogen) atoms. The molecule has 2 aliphatic heterocycles. The Hall–Kier alpha value is -3.17. The average molecular weight is 410 g/mol. The van der Waals surface area contributed by atoms with Crippen LogP contribution in [-0.4, -0.2) is 39.3 Å². The molecular weight excluding hydrogens is 388 g/mol. The van der Waals surface area contributed by atoms with Gasteiger partial charge in [-0.15, -0.1) is 0 Å². The Kier molecular flexibility index (Phi) is 4.76. The zero-order valence-electron chi connectivity index (χ0n) is 16.4. The van der Waals surface area contributed by atoms with Crippen molar-refractivity contribution < 1.29 is 14.4 Å². The molecule has 9 nitrogen and oxygen atoms in total. The maximum atomic E-state index is 12.5. The van der Waals surface area contributed by atoms with Gasteiger partial charge in [0.1, 0.15) is 5.75 Å². The van der Waals surface area contributed by atoms with Crippen LogP contribution in [0.4, 0.5) is 5.69 Å². The van der Waals surface area contributed by atoms with E-state index in [9.17, 15) is 14.9 Å². The van der Waals surface area contributed by atoms with Crippen molar-refractivity contribution in [3.8, 4) is 5.75 Å². The number of ether oxygens (including phenoxy) is 2. The van der Waals surface area contributed by atoms with Gasteiger partial charge in [-0.25, -0.2) is 4.79 Å². The fourth-order valence-corrected chi connectivity index (χ4v) is 4.52. The lowest BCUT2D eigenvalue weighted by molar-refractivity contribution is -0.385. The summed E-state index contributed by atoms with van der Waals surface area (Å²) in [6, 6.07) is 11.0. The highest BCUT2D eigenvalue weighted by atomic mass is 16.7. The molecule has 156 valence electrons. The number of nitrogens with one attached hydrogen (secondary N) is 1. The molecule has 0 radical (unpaired) electrons. The molecule has 0 aliphatic carbocycles. The number of benzene rings is 2. The third-order valence-corrected chi connectivity index (χ3v) is 5.92. The highest BCUT2D eigenvalue weighted by Gasteiger charge is 2.26. The van der Waals surface area contributed by atoms with Crippen molar-refractivity contribution in [1.82, 2.24) is 14.5 Å². The number of hydrogen-bond acceptors (Lipinski definition) is 6. The van der Waals surface area contributed by atoms with E-state index in [0.29, 0.717) is 24.5 Å². The molecule has 3 aromatic rings. The second kappa shape index (κ2) is 7.58. The number of fused-ring (bicyclic) bond motifs is 2. The van der Waals surface area contributed by atoms with Crippen LogP contribution < -0.4 is 10.4 Å². The number of rotatable bonds is 4. The van der Waals surface area contributed by atoms with E-state index in [1.807, 2.05) is 28.8 Å². The normalized spacial score (nSPS) is 17.6. The number of nitrogens with zero attached hydrogens (tertiary/aromatic N) is 3. The Balaban J connectivity index is 1.34. The molecule has 2 aliphatic rings. The summed E-state index contributed by atoms with van der Waals surface area (Å²) in [4.78, 5) is 28.6. The van der Waals surface area contributed by atoms with Crippen molar-refractivity contribution in [3.05, 3.63) is 68.1 Å². The van der Waals surface area contributed by atoms with Crippen LogP contribution in [0.1, 0.15) is 30.0 Å². The predicted molar refractivity (Wildman–Crippen MR) is 109 cm³/mol. The fourth-order valence-electron chi connectivity index (χ4n) is 4.52. The van der Waals surface area contributed by atoms with E-state index in [2.05, 4.69) is 9.88 Å². The number of nitro benzene ring substituents is 1. The van der Waals surface area contributed by atoms with Crippen LogP contribution >= 0.6 is 0 Å². The lowest BCUT2D eigenvalue weighted by atomic mass is 10.0. The van der Waals surface area contributed by atoms with Crippen LogP contribution in [0.5, 0.6) is 5.75 Å². The molecule has 1 aromatic heterocycles. The van der Waals surface area contributed by atoms with Crippen LogP contribution in [0.2, 0.25) is 0 Å². The first-order valence-electron chi connectivity index (χ1n) is 10.0. The highest BCUT2D eigenvalue weighted by Crippen LogP contribution is 2.34. The molecule has 0 spiro atoms. The van der Waals surface area contributed by atoms with Crippen molar-refractivity contribution in [1.29, 1.82) is 0 Å². The van der Waals surface area contributed by atoms with Crippen LogP contribution in [-0.2, 0) is 17.9 Å². The molecule has 0 unspecified atom stereocenters. The summed E-state index contributed by atoms with van der Waals surface area (Å²) < 4.78 is 12.8. The van der Waals surface area contributed by atoms with Gasteiger partial charge in [-0.2, -0.15) is 0 Å². The predicted octanol–water partition coefficient (Wildman–Crippen LogP) is 2.94. The summed E-state index contributed by atoms with van der Waals surface area (Å²) in [5.41, 5.74) is 3.29. The van der Waals surface area contributed by atoms with E-state index < -0.39 is 0 Å². The van der Waals surface area contributed by atoms with Gasteiger partial charge in [-0.1, -0.05) is 12.1 Å². The van der Waals surface area contributed by atoms with E-state index in [1.165, 1.54) is 6.07 Å². The summed E-state index contributed by atoms with van der Waals surface area (Å²) in [5, 5.41) is 11.3. The number of para-hydroxylation sites is 2. The molecule has 1 saturated heterocycles. The number of aromatic amines is 1. The molecule has 3 heterocycles. The molecule has 2 aromatic carbocycles. The lowest BCUT2D eigenvalue weighted by Gasteiger charge is -2.33. The number of hydrogen-bond donors (Lipinski definition) is 1. The Bertz CT molecular complexity index is 1160. The first kappa shape index (κ1) is 18.8. The maximum absolute atomic E-state index is 12.5. The van der Waals surface area contributed by atoms with Crippen LogP contribution in [0.3, 0.4) is 0 Å². The van der Waals surface area contributed by atoms with Gasteiger partial charge < -0.3 is 14.5 Å². The molecule has 5 rings (SSSR count). The van der Waals surface area contributed by atoms with Crippen molar-refractivity contribution in [3.63, 3.8) is 0 Å². The second-order valence-electron chi connectivity index (χ2n) is 7.79. The summed E-state index contributed by atoms with van der Waals surface area (Å²) in [6.45, 7) is 2.63. The molecule has 1 fully saturated rings. The van der Waals surface area contributed by atoms with Crippen molar-refractivity contribution >= 4 is 16.7 Å². The quantitative estimate of drug-likeness (QED) is 0.524. The van der Waals surface area contributed by atoms with Gasteiger partial charge in [-0.3, -0.25) is 19.6 Å². The third kappa shape index (κ3) is 3.35. The largest absolute Gasteiger partial charge is 0.467 e. The first-order chi connectivity index (χ1) is 14.6. The van der Waals surface area contributed by atoms with Crippen molar-refractivity contribution in [2.45, 2.75) is 32.0 Å². The van der Waals surface area contributed by atoms with E-state index in [4.69, 9.17) is 9.47 Å². The van der Waals surface area contributed by atoms with E-state index in [0.717, 1.165) is 42.5 Å². The number of likely N-dealkylation sites (tertiary alicyclic amines) is 1. The van der Waals surface area contributed by atoms with Crippen LogP contribution in [0, 0.1) is 10.1 Å². The minimum absolute atomic E-state index is 0.0538. The molecule has 1 N–H and O–H groups in total. The third-order valence-electron chi connectivity index (χ3n) is 5.92. The van der Waals surface area contributed by atoms with E-state index >= 15 is 0 Å². The fraction of sp³-hybridized carbons (Fsp3) is 0.381. The smallest absolute Gasteiger partial charge is 0.326 e. The van der Waals surface area contributed by atoms with Crippen LogP contribution in [0.25, 0.3) is 11.0 Å². The molecule has 0 amide bonds. The van der Waals surface area contributed by atoms with Gasteiger partial charge in [-0.05, 0) is 25.0 Å². The number of imidazole rings is 1. The Labute approximate surface area is 172 Å². The zero-order chi connectivity index (χ0) is 20.7. The number of non-ortho nitro benzene ring substituents is 1. The molecule has 0 bridgehead atoms. The van der Waals surface area contributed by atoms with Gasteiger partial charge in [0, 0.05) is 48.9 Å². The lowest BCUT2D eigenvalue weighted by Crippen LogP contribution is -2.36. The van der Waals surface area contributed by atoms with Gasteiger partial charge >= 0.3 is 5.69 Å². The summed E-state index contributed by atoms with van der Waals surface area (Å²) in [6.07, 6.45) is 1.67. The average Bonchev–Trinajstić information content (AvgIpc) is 3.10. The van der Waals surface area contributed by atoms with E-state index in [-0.39, 0.29) is 29.1 Å². The van der Waals surface area contributed by atoms with Gasteiger partial charge in [0.25, 0.3) is 5.69 Å². The minimum atomic E-state index is -0.381. The van der Waals surface area contributed by atoms with Crippen molar-refractivity contribution in [2.24, 2.45) is 0 Å². The molecule has 0 saturated carbocycles. The van der Waals surface area contributed by atoms with Gasteiger partial charge in [0.15, 0.2) is 6.79 Å². The molecule has 0 atom stereocenters. The summed E-state index contributed by atoms with van der Waals surface area (Å²) in [5.74, 6) is 0.696. The Morgan fingerprint density at radius 3 is 2.80 bits per heavy atom. The monoisotopic (exact) mass is 410 g/mol. The van der Waals surface area contributed by atoms with Gasteiger partial charge in [0.05, 0.1) is 22.6 Å². The second-order valence-corrected chi connectivity index (χ2v) is 7.79. The zero-order valence-corrected chi connectivity index (χ0v) is 16.4. The number of nitro groups is 1. The number of H-pyrrole nitrogens is 1. The first-order valence-corrected chi connectivity index (χ1v) is 10.0. The summed E-state index contributed by atoms with van der Waals surface area (Å²) in [7, 11) is 0. The minimum Gasteiger partial charge on any atom is -0.467 e. The number of piperidine rings is 1. The maximum Gasteiger partial charge on any atom is 0.326 e. The number of aromatic nitrogens is 2. The van der Waals surface area contributed by atoms with Crippen LogP contribution in [0.15, 0.2) is 41.2 Å². The topological polar surface area (TPSA) is 103 Å².